The lowest BCUT2D eigenvalue weighted by Crippen LogP contribution is -2.62. The Hall–Kier alpha value is -4.53. The van der Waals surface area contributed by atoms with Gasteiger partial charge in [0.15, 0.2) is 0 Å². The number of aromatic nitrogens is 4. The minimum atomic E-state index is -3.62. The molecule has 0 spiro atoms. The van der Waals surface area contributed by atoms with Crippen LogP contribution in [0.1, 0.15) is 18.1 Å². The minimum absolute atomic E-state index is 0.337. The lowest BCUT2D eigenvalue weighted by Gasteiger charge is -2.47. The highest BCUT2D eigenvalue weighted by Crippen LogP contribution is 2.38. The zero-order valence-electron chi connectivity index (χ0n) is 27.6. The second-order valence-corrected chi connectivity index (χ2v) is 14.0. The van der Waals surface area contributed by atoms with Crippen LogP contribution in [0.5, 0.6) is 5.75 Å². The Bertz CT molecular complexity index is 1890. The lowest BCUT2D eigenvalue weighted by molar-refractivity contribution is 0.0487. The van der Waals surface area contributed by atoms with Crippen molar-refractivity contribution in [1.82, 2.24) is 29.7 Å². The van der Waals surface area contributed by atoms with Crippen LogP contribution in [0.2, 0.25) is 0 Å². The first-order valence-electron chi connectivity index (χ1n) is 15.7. The predicted octanol–water partition coefficient (Wildman–Crippen LogP) is 3.95. The molecule has 0 saturated carbocycles. The predicted molar refractivity (Wildman–Crippen MR) is 189 cm³/mol. The van der Waals surface area contributed by atoms with Crippen molar-refractivity contribution < 1.29 is 13.2 Å². The van der Waals surface area contributed by atoms with E-state index in [2.05, 4.69) is 73.0 Å². The Balaban J connectivity index is 1.28. The standard InChI is InChI=1S/C33H42N10O3S/c1-7-22-17-27(29(46-5)18-28(22)43-15-13-42(14-16-43)24-20-40(3)21-24)38-33-36-19-23(8-2)32(39-33)37-26-10-9-25-30(35-12-11-34-25)31(26)41(4)47(6,44)45/h8-12,17-19,24H,2,7,13-16,20-21H2,1,3-6H3,(H2,36,37,38,39). The number of hydrogen-bond donors (Lipinski definition) is 2. The number of nitrogens with zero attached hydrogens (tertiary/aromatic N) is 8. The second-order valence-electron chi connectivity index (χ2n) is 12.0. The highest BCUT2D eigenvalue weighted by molar-refractivity contribution is 7.92. The monoisotopic (exact) mass is 658 g/mol. The summed E-state index contributed by atoms with van der Waals surface area (Å²) in [7, 11) is 1.71. The first-order valence-corrected chi connectivity index (χ1v) is 17.5. The first kappa shape index (κ1) is 32.4. The molecule has 13 nitrogen and oxygen atoms in total. The zero-order chi connectivity index (χ0) is 33.3. The highest BCUT2D eigenvalue weighted by atomic mass is 32.2. The number of rotatable bonds is 11. The van der Waals surface area contributed by atoms with Crippen molar-refractivity contribution in [1.29, 1.82) is 0 Å². The molecule has 47 heavy (non-hydrogen) atoms. The van der Waals surface area contributed by atoms with Gasteiger partial charge in [0.2, 0.25) is 16.0 Å². The maximum absolute atomic E-state index is 12.6. The number of benzene rings is 2. The lowest BCUT2D eigenvalue weighted by atomic mass is 10.0. The molecule has 14 heteroatoms. The maximum Gasteiger partial charge on any atom is 0.232 e. The van der Waals surface area contributed by atoms with E-state index in [-0.39, 0.29) is 0 Å². The summed E-state index contributed by atoms with van der Waals surface area (Å²) in [5, 5.41) is 6.66. The van der Waals surface area contributed by atoms with Crippen molar-refractivity contribution in [2.24, 2.45) is 0 Å². The van der Waals surface area contributed by atoms with Crippen LogP contribution in [-0.4, -0.2) is 111 Å². The van der Waals surface area contributed by atoms with Crippen LogP contribution in [0.15, 0.2) is 49.4 Å². The number of sulfonamides is 1. The molecule has 0 unspecified atom stereocenters. The Morgan fingerprint density at radius 3 is 2.47 bits per heavy atom. The van der Waals surface area contributed by atoms with Gasteiger partial charge in [-0.25, -0.2) is 13.4 Å². The molecule has 2 saturated heterocycles. The molecule has 0 radical (unpaired) electrons. The number of anilines is 6. The number of methoxy groups -OCH3 is 1. The molecule has 2 fully saturated rings. The molecule has 6 rings (SSSR count). The van der Waals surface area contributed by atoms with Crippen molar-refractivity contribution in [3.63, 3.8) is 0 Å². The van der Waals surface area contributed by atoms with Gasteiger partial charge in [-0.05, 0) is 37.2 Å². The number of nitrogens with one attached hydrogen (secondary N) is 2. The van der Waals surface area contributed by atoms with Crippen molar-refractivity contribution >= 4 is 61.6 Å². The van der Waals surface area contributed by atoms with E-state index in [1.165, 1.54) is 28.8 Å². The number of likely N-dealkylation sites (N-methyl/N-ethyl adjacent to an activating group) is 1. The topological polar surface area (TPSA) is 132 Å². The van der Waals surface area contributed by atoms with E-state index in [1.807, 2.05) is 0 Å². The van der Waals surface area contributed by atoms with E-state index in [0.29, 0.717) is 51.5 Å². The molecular formula is C33H42N10O3S. The average Bonchev–Trinajstić information content (AvgIpc) is 3.06. The van der Waals surface area contributed by atoms with Crippen molar-refractivity contribution in [2.75, 3.05) is 86.6 Å². The summed E-state index contributed by atoms with van der Waals surface area (Å²) in [4.78, 5) is 25.5. The number of aryl methyl sites for hydroxylation is 1. The summed E-state index contributed by atoms with van der Waals surface area (Å²) < 4.78 is 32.3. The molecule has 2 aromatic carbocycles. The summed E-state index contributed by atoms with van der Waals surface area (Å²) >= 11 is 0. The van der Waals surface area contributed by atoms with Crippen LogP contribution in [0.3, 0.4) is 0 Å². The number of hydrogen-bond acceptors (Lipinski definition) is 12. The molecule has 248 valence electrons. The molecule has 0 amide bonds. The van der Waals surface area contributed by atoms with Gasteiger partial charge in [-0.3, -0.25) is 19.2 Å². The SMILES string of the molecule is C=Cc1cnc(Nc2cc(CC)c(N3CCN(C4CN(C)C4)CC3)cc2OC)nc1Nc1ccc2nccnc2c1N(C)S(C)(=O)=O. The van der Waals surface area contributed by atoms with E-state index >= 15 is 0 Å². The van der Waals surface area contributed by atoms with Crippen LogP contribution in [0, 0.1) is 0 Å². The van der Waals surface area contributed by atoms with E-state index < -0.39 is 10.0 Å². The third-order valence-electron chi connectivity index (χ3n) is 8.96. The van der Waals surface area contributed by atoms with Crippen molar-refractivity contribution in [2.45, 2.75) is 19.4 Å². The van der Waals surface area contributed by atoms with Gasteiger partial charge >= 0.3 is 0 Å². The molecule has 2 N–H and O–H groups in total. The van der Waals surface area contributed by atoms with Gasteiger partial charge < -0.3 is 25.2 Å². The maximum atomic E-state index is 12.6. The van der Waals surface area contributed by atoms with Crippen LogP contribution < -0.4 is 24.6 Å². The van der Waals surface area contributed by atoms with Gasteiger partial charge in [-0.2, -0.15) is 4.98 Å². The van der Waals surface area contributed by atoms with Crippen molar-refractivity contribution in [3.8, 4) is 5.75 Å². The van der Waals surface area contributed by atoms with Gasteiger partial charge in [0.25, 0.3) is 0 Å². The number of likely N-dealkylation sites (tertiary alicyclic amines) is 1. The molecule has 2 aliphatic heterocycles. The largest absolute Gasteiger partial charge is 0.494 e. The fourth-order valence-corrected chi connectivity index (χ4v) is 6.76. The van der Waals surface area contributed by atoms with Gasteiger partial charge in [0.05, 0.1) is 30.3 Å². The molecule has 0 aliphatic carbocycles. The minimum Gasteiger partial charge on any atom is -0.494 e. The summed E-state index contributed by atoms with van der Waals surface area (Å²) in [6, 6.07) is 8.43. The Kier molecular flexibility index (Phi) is 9.17. The summed E-state index contributed by atoms with van der Waals surface area (Å²) in [5.41, 5.74) is 5.61. The number of fused-ring (bicyclic) bond motifs is 1. The second kappa shape index (κ2) is 13.3. The molecule has 0 atom stereocenters. The van der Waals surface area contributed by atoms with Crippen LogP contribution in [0.25, 0.3) is 17.1 Å². The molecular weight excluding hydrogens is 616 g/mol. The fourth-order valence-electron chi connectivity index (χ4n) is 6.24. The molecule has 4 heterocycles. The Morgan fingerprint density at radius 2 is 1.81 bits per heavy atom. The molecule has 0 bridgehead atoms. The Labute approximate surface area is 276 Å². The number of piperazine rings is 1. The van der Waals surface area contributed by atoms with E-state index in [1.54, 1.807) is 37.7 Å². The fraction of sp³-hybridized carbons (Fsp3) is 0.394. The normalized spacial score (nSPS) is 16.1. The van der Waals surface area contributed by atoms with E-state index in [0.717, 1.165) is 57.6 Å². The average molecular weight is 659 g/mol. The van der Waals surface area contributed by atoms with Crippen LogP contribution >= 0.6 is 0 Å². The summed E-state index contributed by atoms with van der Waals surface area (Å²) in [6.45, 7) is 12.4. The van der Waals surface area contributed by atoms with Gasteiger partial charge in [-0.1, -0.05) is 19.6 Å². The highest BCUT2D eigenvalue weighted by Gasteiger charge is 2.32. The zero-order valence-corrected chi connectivity index (χ0v) is 28.4. The molecule has 2 aromatic heterocycles. The first-order chi connectivity index (χ1) is 22.6. The smallest absolute Gasteiger partial charge is 0.232 e. The van der Waals surface area contributed by atoms with Gasteiger partial charge in [-0.15, -0.1) is 0 Å². The van der Waals surface area contributed by atoms with Crippen LogP contribution in [0.4, 0.5) is 34.5 Å². The van der Waals surface area contributed by atoms with Crippen molar-refractivity contribution in [3.05, 3.63) is 60.6 Å². The summed E-state index contributed by atoms with van der Waals surface area (Å²) in [5.74, 6) is 1.46. The number of ether oxygens (including phenoxy) is 1. The Morgan fingerprint density at radius 1 is 1.06 bits per heavy atom. The quantitative estimate of drug-likeness (QED) is 0.242. The summed E-state index contributed by atoms with van der Waals surface area (Å²) in [6.07, 6.45) is 8.40. The van der Waals surface area contributed by atoms with E-state index in [9.17, 15) is 8.42 Å². The third-order valence-corrected chi connectivity index (χ3v) is 10.1. The van der Waals surface area contributed by atoms with Crippen LogP contribution in [-0.2, 0) is 16.4 Å². The van der Waals surface area contributed by atoms with Gasteiger partial charge in [0.1, 0.15) is 22.8 Å². The molecule has 2 aliphatic rings. The van der Waals surface area contributed by atoms with Gasteiger partial charge in [0, 0.05) is 88.3 Å². The third kappa shape index (κ3) is 6.66. The molecule has 4 aromatic rings. The van der Waals surface area contributed by atoms with E-state index in [4.69, 9.17) is 9.72 Å².